The van der Waals surface area contributed by atoms with Gasteiger partial charge in [-0.15, -0.1) is 0 Å². The summed E-state index contributed by atoms with van der Waals surface area (Å²) in [5.41, 5.74) is 0.100. The zero-order chi connectivity index (χ0) is 25.6. The first kappa shape index (κ1) is 27.3. The minimum absolute atomic E-state index is 0.0226. The highest BCUT2D eigenvalue weighted by Gasteiger charge is 2.63. The fourth-order valence-corrected chi connectivity index (χ4v) is 9.44. The molecular weight excluding hydrogens is 470 g/mol. The van der Waals surface area contributed by atoms with Crippen LogP contribution in [-0.2, 0) is 19.4 Å². The number of hydrogen-bond donors (Lipinski definition) is 4. The number of amides is 1. The first-order chi connectivity index (χ1) is 16.4. The third-order valence-corrected chi connectivity index (χ3v) is 11.5. The second-order valence-electron chi connectivity index (χ2n) is 12.5. The van der Waals surface area contributed by atoms with Gasteiger partial charge in [0.25, 0.3) is 0 Å². The van der Waals surface area contributed by atoms with Gasteiger partial charge in [-0.25, -0.2) is 4.18 Å². The fourth-order valence-electron chi connectivity index (χ4n) is 9.15. The number of aliphatic hydroxyl groups excluding tert-OH is 2. The van der Waals surface area contributed by atoms with Crippen LogP contribution in [0.4, 0.5) is 0 Å². The Labute approximate surface area is 210 Å². The van der Waals surface area contributed by atoms with Gasteiger partial charge in [0.2, 0.25) is 5.91 Å². The first-order valence-electron chi connectivity index (χ1n) is 13.6. The summed E-state index contributed by atoms with van der Waals surface area (Å²) in [6, 6.07) is 0. The summed E-state index contributed by atoms with van der Waals surface area (Å²) in [5.74, 6) is 2.77. The van der Waals surface area contributed by atoms with E-state index in [-0.39, 0.29) is 42.1 Å². The minimum atomic E-state index is -4.49. The monoisotopic (exact) mass is 515 g/mol. The SMILES string of the molecule is C[C@H](CCC(=O)NCCOS(=O)(=O)O)[C@H]1CC[C@H]2[C@@H]3CC[C@@H]4C[C@H](O)CC[C@]4(C)[C@H]3C[C@H](O)[C@]12C. The highest BCUT2D eigenvalue weighted by molar-refractivity contribution is 7.80. The van der Waals surface area contributed by atoms with E-state index in [0.717, 1.165) is 44.9 Å². The Bertz CT molecular complexity index is 881. The summed E-state index contributed by atoms with van der Waals surface area (Å²) >= 11 is 0. The maximum absolute atomic E-state index is 12.2. The van der Waals surface area contributed by atoms with Crippen molar-refractivity contribution in [2.45, 2.75) is 97.2 Å². The van der Waals surface area contributed by atoms with Gasteiger partial charge >= 0.3 is 10.4 Å². The number of hydrogen-bond acceptors (Lipinski definition) is 6. The lowest BCUT2D eigenvalue weighted by Gasteiger charge is -2.62. The van der Waals surface area contributed by atoms with Gasteiger partial charge in [-0.3, -0.25) is 9.35 Å². The molecule has 0 unspecified atom stereocenters. The number of aliphatic hydroxyl groups is 2. The number of rotatable bonds is 8. The maximum atomic E-state index is 12.2. The van der Waals surface area contributed by atoms with Crippen LogP contribution in [-0.4, -0.2) is 54.5 Å². The number of carbonyl (C=O) groups excluding carboxylic acids is 1. The summed E-state index contributed by atoms with van der Waals surface area (Å²) in [6.07, 6.45) is 8.93. The molecule has 0 spiro atoms. The van der Waals surface area contributed by atoms with Gasteiger partial charge in [-0.2, -0.15) is 8.42 Å². The van der Waals surface area contributed by atoms with Crippen LogP contribution in [0.1, 0.15) is 85.0 Å². The predicted molar refractivity (Wildman–Crippen MR) is 132 cm³/mol. The van der Waals surface area contributed by atoms with Crippen molar-refractivity contribution in [3.8, 4) is 0 Å². The van der Waals surface area contributed by atoms with Crippen LogP contribution < -0.4 is 5.32 Å². The van der Waals surface area contributed by atoms with Crippen molar-refractivity contribution in [3.63, 3.8) is 0 Å². The lowest BCUT2D eigenvalue weighted by molar-refractivity contribution is -0.174. The van der Waals surface area contributed by atoms with Gasteiger partial charge < -0.3 is 15.5 Å². The van der Waals surface area contributed by atoms with E-state index in [2.05, 4.69) is 30.3 Å². The van der Waals surface area contributed by atoms with E-state index in [9.17, 15) is 23.4 Å². The van der Waals surface area contributed by atoms with E-state index in [1.54, 1.807) is 0 Å². The molecule has 0 heterocycles. The third kappa shape index (κ3) is 5.31. The van der Waals surface area contributed by atoms with E-state index < -0.39 is 10.4 Å². The van der Waals surface area contributed by atoms with Crippen molar-refractivity contribution in [2.75, 3.05) is 13.2 Å². The van der Waals surface area contributed by atoms with Crippen LogP contribution in [0.3, 0.4) is 0 Å². The van der Waals surface area contributed by atoms with Crippen molar-refractivity contribution in [1.82, 2.24) is 5.32 Å². The van der Waals surface area contributed by atoms with E-state index in [1.165, 1.54) is 12.8 Å². The van der Waals surface area contributed by atoms with Crippen molar-refractivity contribution in [3.05, 3.63) is 0 Å². The van der Waals surface area contributed by atoms with Gasteiger partial charge in [-0.05, 0) is 104 Å². The Morgan fingerprint density at radius 3 is 2.54 bits per heavy atom. The Morgan fingerprint density at radius 1 is 1.09 bits per heavy atom. The average molecular weight is 516 g/mol. The molecule has 4 rings (SSSR count). The Kier molecular flexibility index (Phi) is 7.95. The second kappa shape index (κ2) is 10.2. The molecule has 0 radical (unpaired) electrons. The van der Waals surface area contributed by atoms with Crippen molar-refractivity contribution >= 4 is 16.3 Å². The van der Waals surface area contributed by atoms with E-state index in [4.69, 9.17) is 4.55 Å². The molecule has 0 aliphatic heterocycles. The molecule has 4 fully saturated rings. The van der Waals surface area contributed by atoms with Crippen LogP contribution in [0.15, 0.2) is 0 Å². The topological polar surface area (TPSA) is 133 Å². The fraction of sp³-hybridized carbons (Fsp3) is 0.962. The van der Waals surface area contributed by atoms with Crippen LogP contribution in [0.5, 0.6) is 0 Å². The molecule has 10 atom stereocenters. The van der Waals surface area contributed by atoms with Crippen LogP contribution >= 0.6 is 0 Å². The summed E-state index contributed by atoms with van der Waals surface area (Å²) in [6.45, 7) is 6.67. The van der Waals surface area contributed by atoms with E-state index in [0.29, 0.717) is 41.9 Å². The van der Waals surface area contributed by atoms with E-state index >= 15 is 0 Å². The zero-order valence-electron chi connectivity index (χ0n) is 21.5. The number of fused-ring (bicyclic) bond motifs is 5. The molecule has 0 aromatic rings. The molecule has 4 aliphatic rings. The Balaban J connectivity index is 1.36. The minimum Gasteiger partial charge on any atom is -0.393 e. The van der Waals surface area contributed by atoms with Crippen LogP contribution in [0, 0.1) is 46.3 Å². The number of nitrogens with one attached hydrogen (secondary N) is 1. The smallest absolute Gasteiger partial charge is 0.393 e. The van der Waals surface area contributed by atoms with Gasteiger partial charge in [0.05, 0.1) is 18.8 Å². The summed E-state index contributed by atoms with van der Waals surface area (Å²) in [5, 5.41) is 24.5. The Morgan fingerprint density at radius 2 is 1.83 bits per heavy atom. The molecule has 4 saturated carbocycles. The van der Waals surface area contributed by atoms with Gasteiger partial charge in [0, 0.05) is 13.0 Å². The van der Waals surface area contributed by atoms with Crippen LogP contribution in [0.25, 0.3) is 0 Å². The summed E-state index contributed by atoms with van der Waals surface area (Å²) < 4.78 is 34.0. The molecule has 202 valence electrons. The van der Waals surface area contributed by atoms with Crippen LogP contribution in [0.2, 0.25) is 0 Å². The third-order valence-electron chi connectivity index (χ3n) is 11.0. The Hall–Kier alpha value is -0.740. The molecule has 4 N–H and O–H groups in total. The van der Waals surface area contributed by atoms with Crippen molar-refractivity contribution in [2.24, 2.45) is 46.3 Å². The summed E-state index contributed by atoms with van der Waals surface area (Å²) in [7, 11) is -4.49. The highest BCUT2D eigenvalue weighted by atomic mass is 32.3. The molecule has 0 saturated heterocycles. The number of carbonyl (C=O) groups is 1. The molecule has 35 heavy (non-hydrogen) atoms. The standard InChI is InChI=1S/C26H45NO7S/c1-16(4-9-24(30)27-12-13-34-35(31,32)33)20-7-8-21-19-6-5-17-14-18(28)10-11-25(17,2)22(19)15-23(29)26(20,21)3/h16-23,28-29H,4-15H2,1-3H3,(H,27,30)(H,31,32,33)/t16-,17-,18-,19+,20-,21+,22+,23+,25+,26-/m1/s1. The molecular formula is C26H45NO7S. The normalized spacial score (nSPS) is 44.1. The van der Waals surface area contributed by atoms with E-state index in [1.807, 2.05) is 0 Å². The molecule has 8 nitrogen and oxygen atoms in total. The molecule has 0 bridgehead atoms. The summed E-state index contributed by atoms with van der Waals surface area (Å²) in [4.78, 5) is 12.2. The first-order valence-corrected chi connectivity index (χ1v) is 15.0. The lowest BCUT2D eigenvalue weighted by atomic mass is 9.43. The molecule has 0 aromatic carbocycles. The van der Waals surface area contributed by atoms with Crippen molar-refractivity contribution < 1.29 is 32.2 Å². The quantitative estimate of drug-likeness (QED) is 0.288. The maximum Gasteiger partial charge on any atom is 0.397 e. The molecule has 0 aromatic heterocycles. The second-order valence-corrected chi connectivity index (χ2v) is 13.6. The predicted octanol–water partition coefficient (Wildman–Crippen LogP) is 3.33. The molecule has 9 heteroatoms. The molecule has 1 amide bonds. The zero-order valence-corrected chi connectivity index (χ0v) is 22.3. The van der Waals surface area contributed by atoms with Gasteiger partial charge in [0.1, 0.15) is 0 Å². The van der Waals surface area contributed by atoms with Gasteiger partial charge in [-0.1, -0.05) is 20.8 Å². The highest BCUT2D eigenvalue weighted by Crippen LogP contribution is 2.68. The van der Waals surface area contributed by atoms with Crippen molar-refractivity contribution in [1.29, 1.82) is 0 Å². The average Bonchev–Trinajstić information content (AvgIpc) is 3.14. The van der Waals surface area contributed by atoms with Gasteiger partial charge in [0.15, 0.2) is 0 Å². The molecule has 4 aliphatic carbocycles. The lowest BCUT2D eigenvalue weighted by Crippen LogP contribution is -2.58. The largest absolute Gasteiger partial charge is 0.397 e.